The van der Waals surface area contributed by atoms with E-state index in [-0.39, 0.29) is 25.4 Å². The maximum atomic E-state index is 12.0. The molecule has 0 bridgehead atoms. The Morgan fingerprint density at radius 1 is 1.24 bits per heavy atom. The van der Waals surface area contributed by atoms with Gasteiger partial charge in [0.05, 0.1) is 11.8 Å². The van der Waals surface area contributed by atoms with Gasteiger partial charge < -0.3 is 14.2 Å². The molecule has 0 radical (unpaired) electrons. The first-order chi connectivity index (χ1) is 12.3. The van der Waals surface area contributed by atoms with Crippen molar-refractivity contribution >= 4 is 22.4 Å². The smallest absolute Gasteiger partial charge is 0.252 e. The molecule has 0 unspecified atom stereocenters. The largest absolute Gasteiger partial charge is 0.454 e. The molecule has 0 saturated heterocycles. The molecule has 1 fully saturated rings. The number of benzene rings is 1. The lowest BCUT2D eigenvalue weighted by molar-refractivity contribution is -0.123. The summed E-state index contributed by atoms with van der Waals surface area (Å²) >= 11 is 1.40. The number of hydrogen-bond donors (Lipinski definition) is 1. The minimum Gasteiger partial charge on any atom is -0.454 e. The first-order valence-corrected chi connectivity index (χ1v) is 9.43. The van der Waals surface area contributed by atoms with Crippen LogP contribution in [0.15, 0.2) is 23.6 Å². The van der Waals surface area contributed by atoms with Crippen molar-refractivity contribution in [2.24, 2.45) is 0 Å². The van der Waals surface area contributed by atoms with E-state index in [1.165, 1.54) is 30.6 Å². The summed E-state index contributed by atoms with van der Waals surface area (Å²) in [5.41, 5.74) is 1.73. The van der Waals surface area contributed by atoms with Gasteiger partial charge in [0, 0.05) is 10.9 Å². The summed E-state index contributed by atoms with van der Waals surface area (Å²) < 4.78 is 16.4. The van der Waals surface area contributed by atoms with Crippen LogP contribution >= 0.6 is 11.3 Å². The molecule has 1 aliphatic carbocycles. The average Bonchev–Trinajstić information content (AvgIpc) is 3.29. The number of carbonyl (C=O) groups is 1. The molecule has 4 rings (SSSR count). The van der Waals surface area contributed by atoms with Gasteiger partial charge >= 0.3 is 0 Å². The quantitative estimate of drug-likeness (QED) is 0.878. The van der Waals surface area contributed by atoms with Crippen LogP contribution in [-0.2, 0) is 9.53 Å². The van der Waals surface area contributed by atoms with E-state index in [2.05, 4.69) is 10.3 Å². The SMILES string of the molecule is O=C(COC1CCCCC1)Nc1nc(-c2ccc3c(c2)OCO3)cs1. The van der Waals surface area contributed by atoms with Crippen molar-refractivity contribution in [2.45, 2.75) is 38.2 Å². The molecule has 1 N–H and O–H groups in total. The number of amides is 1. The second-order valence-electron chi connectivity index (χ2n) is 6.23. The second-order valence-corrected chi connectivity index (χ2v) is 7.08. The molecule has 2 aromatic rings. The third kappa shape index (κ3) is 3.93. The standard InChI is InChI=1S/C18H20N2O4S/c21-17(9-22-13-4-2-1-3-5-13)20-18-19-14(10-25-18)12-6-7-15-16(8-12)24-11-23-15/h6-8,10,13H,1-5,9,11H2,(H,19,20,21). The fraction of sp³-hybridized carbons (Fsp3) is 0.444. The summed E-state index contributed by atoms with van der Waals surface area (Å²) in [6, 6.07) is 5.70. The van der Waals surface area contributed by atoms with Crippen molar-refractivity contribution in [1.29, 1.82) is 0 Å². The summed E-state index contributed by atoms with van der Waals surface area (Å²) in [6.07, 6.45) is 5.99. The molecule has 25 heavy (non-hydrogen) atoms. The Morgan fingerprint density at radius 2 is 2.08 bits per heavy atom. The van der Waals surface area contributed by atoms with Gasteiger partial charge in [-0.1, -0.05) is 19.3 Å². The summed E-state index contributed by atoms with van der Waals surface area (Å²) in [5.74, 6) is 1.31. The van der Waals surface area contributed by atoms with Crippen molar-refractivity contribution in [3.63, 3.8) is 0 Å². The van der Waals surface area contributed by atoms with Crippen LogP contribution in [0.25, 0.3) is 11.3 Å². The molecule has 1 aromatic heterocycles. The van der Waals surface area contributed by atoms with E-state index in [4.69, 9.17) is 14.2 Å². The van der Waals surface area contributed by atoms with Crippen LogP contribution in [0.1, 0.15) is 32.1 Å². The Hall–Kier alpha value is -2.12. The van der Waals surface area contributed by atoms with Gasteiger partial charge in [-0.05, 0) is 31.0 Å². The van der Waals surface area contributed by atoms with E-state index in [1.54, 1.807) is 0 Å². The summed E-state index contributed by atoms with van der Waals surface area (Å²) in [7, 11) is 0. The van der Waals surface area contributed by atoms with Gasteiger partial charge in [0.15, 0.2) is 16.6 Å². The van der Waals surface area contributed by atoms with Gasteiger partial charge in [-0.2, -0.15) is 0 Å². The van der Waals surface area contributed by atoms with Crippen LogP contribution < -0.4 is 14.8 Å². The van der Waals surface area contributed by atoms with Crippen LogP contribution in [0, 0.1) is 0 Å². The Bertz CT molecular complexity index is 755. The average molecular weight is 360 g/mol. The van der Waals surface area contributed by atoms with Gasteiger partial charge in [-0.15, -0.1) is 11.3 Å². The molecule has 132 valence electrons. The third-order valence-electron chi connectivity index (χ3n) is 4.42. The predicted molar refractivity (Wildman–Crippen MR) is 95.1 cm³/mol. The first-order valence-electron chi connectivity index (χ1n) is 8.55. The monoisotopic (exact) mass is 360 g/mol. The molecule has 2 aliphatic rings. The molecule has 7 heteroatoms. The highest BCUT2D eigenvalue weighted by Crippen LogP contribution is 2.36. The Balaban J connectivity index is 1.34. The number of carbonyl (C=O) groups excluding carboxylic acids is 1. The molecule has 2 heterocycles. The highest BCUT2D eigenvalue weighted by Gasteiger charge is 2.17. The Labute approximate surface area is 150 Å². The van der Waals surface area contributed by atoms with Gasteiger partial charge in [-0.3, -0.25) is 10.1 Å². The molecular weight excluding hydrogens is 340 g/mol. The maximum absolute atomic E-state index is 12.0. The number of hydrogen-bond acceptors (Lipinski definition) is 6. The fourth-order valence-corrected chi connectivity index (χ4v) is 3.84. The van der Waals surface area contributed by atoms with Gasteiger partial charge in [-0.25, -0.2) is 4.98 Å². The maximum Gasteiger partial charge on any atom is 0.252 e. The number of thiazole rings is 1. The fourth-order valence-electron chi connectivity index (χ4n) is 3.10. The van der Waals surface area contributed by atoms with E-state index in [0.29, 0.717) is 5.13 Å². The lowest BCUT2D eigenvalue weighted by Gasteiger charge is -2.21. The van der Waals surface area contributed by atoms with Crippen LogP contribution in [0.3, 0.4) is 0 Å². The van der Waals surface area contributed by atoms with E-state index >= 15 is 0 Å². The van der Waals surface area contributed by atoms with E-state index < -0.39 is 0 Å². The third-order valence-corrected chi connectivity index (χ3v) is 5.18. The first kappa shape index (κ1) is 16.4. The lowest BCUT2D eigenvalue weighted by atomic mass is 9.98. The van der Waals surface area contributed by atoms with Crippen molar-refractivity contribution in [3.8, 4) is 22.8 Å². The second kappa shape index (κ2) is 7.41. The summed E-state index contributed by atoms with van der Waals surface area (Å²) in [5, 5.41) is 5.30. The van der Waals surface area contributed by atoms with Crippen molar-refractivity contribution in [3.05, 3.63) is 23.6 Å². The molecule has 1 aliphatic heterocycles. The van der Waals surface area contributed by atoms with Gasteiger partial charge in [0.25, 0.3) is 5.91 Å². The van der Waals surface area contributed by atoms with E-state index in [1.807, 2.05) is 23.6 Å². The zero-order chi connectivity index (χ0) is 17.1. The van der Waals surface area contributed by atoms with Crippen molar-refractivity contribution in [1.82, 2.24) is 4.98 Å². The van der Waals surface area contributed by atoms with E-state index in [0.717, 1.165) is 35.6 Å². The minimum atomic E-state index is -0.155. The number of fused-ring (bicyclic) bond motifs is 1. The number of nitrogens with zero attached hydrogens (tertiary/aromatic N) is 1. The Kier molecular flexibility index (Phi) is 4.85. The van der Waals surface area contributed by atoms with E-state index in [9.17, 15) is 4.79 Å². The predicted octanol–water partition coefficient (Wildman–Crippen LogP) is 3.83. The molecule has 1 amide bonds. The van der Waals surface area contributed by atoms with Gasteiger partial charge in [0.1, 0.15) is 6.61 Å². The topological polar surface area (TPSA) is 69.7 Å². The molecule has 0 atom stereocenters. The summed E-state index contributed by atoms with van der Waals surface area (Å²) in [6.45, 7) is 0.335. The molecule has 1 aromatic carbocycles. The molecular formula is C18H20N2O4S. The lowest BCUT2D eigenvalue weighted by Crippen LogP contribution is -2.24. The van der Waals surface area contributed by atoms with Gasteiger partial charge in [0.2, 0.25) is 6.79 Å². The number of aromatic nitrogens is 1. The molecule has 1 saturated carbocycles. The minimum absolute atomic E-state index is 0.0869. The van der Waals surface area contributed by atoms with Crippen LogP contribution in [0.4, 0.5) is 5.13 Å². The van der Waals surface area contributed by atoms with Crippen LogP contribution in [0.5, 0.6) is 11.5 Å². The van der Waals surface area contributed by atoms with Crippen LogP contribution in [-0.4, -0.2) is 30.4 Å². The highest BCUT2D eigenvalue weighted by atomic mass is 32.1. The number of rotatable bonds is 5. The van der Waals surface area contributed by atoms with Crippen molar-refractivity contribution in [2.75, 3.05) is 18.7 Å². The zero-order valence-corrected chi connectivity index (χ0v) is 14.6. The number of ether oxygens (including phenoxy) is 3. The molecule has 0 spiro atoms. The summed E-state index contributed by atoms with van der Waals surface area (Å²) in [4.78, 5) is 16.5. The number of nitrogens with one attached hydrogen (secondary N) is 1. The Morgan fingerprint density at radius 3 is 2.96 bits per heavy atom. The highest BCUT2D eigenvalue weighted by molar-refractivity contribution is 7.14. The van der Waals surface area contributed by atoms with Crippen molar-refractivity contribution < 1.29 is 19.0 Å². The normalized spacial score (nSPS) is 16.8. The number of anilines is 1. The molecule has 6 nitrogen and oxygen atoms in total. The van der Waals surface area contributed by atoms with Crippen LogP contribution in [0.2, 0.25) is 0 Å². The zero-order valence-electron chi connectivity index (χ0n) is 13.8.